The zero-order chi connectivity index (χ0) is 45.9. The molecule has 5 heteroatoms. The van der Waals surface area contributed by atoms with E-state index in [9.17, 15) is 0 Å². The van der Waals surface area contributed by atoms with E-state index in [0.717, 1.165) is 78.0 Å². The van der Waals surface area contributed by atoms with Crippen molar-refractivity contribution in [3.8, 4) is 0 Å². The Labute approximate surface area is 393 Å². The summed E-state index contributed by atoms with van der Waals surface area (Å²) in [6.45, 7) is 18.7. The lowest BCUT2D eigenvalue weighted by molar-refractivity contribution is 0.668. The molecule has 12 aromatic rings. The van der Waals surface area contributed by atoms with Gasteiger partial charge in [0.1, 0.15) is 11.2 Å². The minimum atomic E-state index is -1.58. The summed E-state index contributed by atoms with van der Waals surface area (Å²) in [6, 6.07) is 62.8. The maximum absolute atomic E-state index is 6.87. The van der Waals surface area contributed by atoms with Crippen LogP contribution in [-0.4, -0.2) is 8.07 Å². The smallest absolute Gasteiger partial charge is 0.159 e. The molecule has 12 rings (SSSR count). The van der Waals surface area contributed by atoms with Crippen molar-refractivity contribution in [3.63, 3.8) is 0 Å². The van der Waals surface area contributed by atoms with Gasteiger partial charge in [0.25, 0.3) is 0 Å². The van der Waals surface area contributed by atoms with Gasteiger partial charge in [0.15, 0.2) is 11.2 Å². The average molecular weight is 887 g/mol. The number of benzene rings is 10. The van der Waals surface area contributed by atoms with Crippen molar-refractivity contribution >= 4 is 124 Å². The lowest BCUT2D eigenvalue weighted by Gasteiger charge is -2.31. The highest BCUT2D eigenvalue weighted by atomic mass is 28.3. The number of fused-ring (bicyclic) bond motifs is 6. The van der Waals surface area contributed by atoms with Crippen molar-refractivity contribution in [1.29, 1.82) is 0 Å². The molecule has 0 spiro atoms. The monoisotopic (exact) mass is 886 g/mol. The Kier molecular flexibility index (Phi) is 9.43. The predicted molar refractivity (Wildman–Crippen MR) is 290 cm³/mol. The third kappa shape index (κ3) is 6.47. The quantitative estimate of drug-likeness (QED) is 0.107. The first kappa shape index (κ1) is 41.1. The molecule has 0 saturated heterocycles. The van der Waals surface area contributed by atoms with Crippen LogP contribution in [0.3, 0.4) is 0 Å². The Hall–Kier alpha value is -7.34. The highest BCUT2D eigenvalue weighted by Gasteiger charge is 2.29. The summed E-state index contributed by atoms with van der Waals surface area (Å²) in [4.78, 5) is 4.92. The van der Waals surface area contributed by atoms with Gasteiger partial charge >= 0.3 is 0 Å². The molecule has 0 bridgehead atoms. The Morgan fingerprint density at radius 1 is 0.388 bits per heavy atom. The fourth-order valence-electron chi connectivity index (χ4n) is 10.8. The van der Waals surface area contributed by atoms with Crippen LogP contribution < -0.4 is 15.0 Å². The number of para-hydroxylation sites is 4. The highest BCUT2D eigenvalue weighted by molar-refractivity contribution is 6.88. The normalized spacial score (nSPS) is 12.4. The van der Waals surface area contributed by atoms with Gasteiger partial charge in [-0.25, -0.2) is 0 Å². The summed E-state index contributed by atoms with van der Waals surface area (Å²) >= 11 is 0. The summed E-state index contributed by atoms with van der Waals surface area (Å²) < 4.78 is 13.7. The molecular formula is C62H54N2O2Si. The Morgan fingerprint density at radius 3 is 1.22 bits per heavy atom. The van der Waals surface area contributed by atoms with Crippen LogP contribution in [0, 0.1) is 6.92 Å². The Balaban J connectivity index is 1.20. The molecule has 0 aliphatic rings. The molecule has 2 aromatic heterocycles. The van der Waals surface area contributed by atoms with Crippen LogP contribution >= 0.6 is 0 Å². The molecule has 0 aliphatic carbocycles. The third-order valence-electron chi connectivity index (χ3n) is 14.2. The van der Waals surface area contributed by atoms with Crippen LogP contribution in [0.4, 0.5) is 34.1 Å². The largest absolute Gasteiger partial charge is 0.454 e. The van der Waals surface area contributed by atoms with Gasteiger partial charge in [0.05, 0.1) is 30.8 Å². The first-order chi connectivity index (χ1) is 32.4. The molecule has 0 saturated carbocycles. The molecule has 0 aliphatic heterocycles. The number of hydrogen-bond acceptors (Lipinski definition) is 4. The van der Waals surface area contributed by atoms with Gasteiger partial charge in [0, 0.05) is 43.7 Å². The van der Waals surface area contributed by atoms with Crippen LogP contribution in [0.5, 0.6) is 0 Å². The van der Waals surface area contributed by atoms with E-state index in [1.54, 1.807) is 0 Å². The standard InChI is InChI=1S/C62H54N2O2Si/c1-37(2)51-35-55(63(40-25-23-39(5)24-26-40)53-19-13-17-47-43-15-9-11-21-57(43)65-61(47)53)49-33-31-46-52(38(3)4)36-56(50-34-32-45(51)59(49)60(46)50)64(41-27-29-42(30-28-41)67(6,7)8)54-20-14-18-48-44-16-10-12-22-58(44)66-62(48)54/h9-38H,1-8H3. The van der Waals surface area contributed by atoms with Crippen molar-refractivity contribution in [2.24, 2.45) is 0 Å². The van der Waals surface area contributed by atoms with Gasteiger partial charge in [-0.1, -0.05) is 167 Å². The van der Waals surface area contributed by atoms with E-state index in [2.05, 4.69) is 234 Å². The molecule has 328 valence electrons. The number of aryl methyl sites for hydroxylation is 1. The minimum Gasteiger partial charge on any atom is -0.454 e. The van der Waals surface area contributed by atoms with Crippen molar-refractivity contribution in [3.05, 3.63) is 187 Å². The van der Waals surface area contributed by atoms with Crippen molar-refractivity contribution in [2.45, 2.75) is 66.1 Å². The molecule has 0 unspecified atom stereocenters. The lowest BCUT2D eigenvalue weighted by atomic mass is 9.84. The fourth-order valence-corrected chi connectivity index (χ4v) is 11.9. The topological polar surface area (TPSA) is 32.8 Å². The molecule has 67 heavy (non-hydrogen) atoms. The highest BCUT2D eigenvalue weighted by Crippen LogP contribution is 2.53. The molecule has 0 amide bonds. The second-order valence-corrected chi connectivity index (χ2v) is 25.2. The maximum atomic E-state index is 6.87. The van der Waals surface area contributed by atoms with Crippen molar-refractivity contribution in [1.82, 2.24) is 0 Å². The summed E-state index contributed by atoms with van der Waals surface area (Å²) in [5.41, 5.74) is 13.9. The van der Waals surface area contributed by atoms with Crippen LogP contribution in [0.1, 0.15) is 56.2 Å². The van der Waals surface area contributed by atoms with E-state index < -0.39 is 8.07 Å². The lowest BCUT2D eigenvalue weighted by Crippen LogP contribution is -2.37. The maximum Gasteiger partial charge on any atom is 0.159 e. The zero-order valence-corrected chi connectivity index (χ0v) is 40.5. The second kappa shape index (κ2) is 15.4. The van der Waals surface area contributed by atoms with Crippen LogP contribution in [0.2, 0.25) is 19.6 Å². The zero-order valence-electron chi connectivity index (χ0n) is 39.5. The Bertz CT molecular complexity index is 3870. The van der Waals surface area contributed by atoms with Crippen molar-refractivity contribution in [2.75, 3.05) is 9.80 Å². The fraction of sp³-hybridized carbons (Fsp3) is 0.161. The number of hydrogen-bond donors (Lipinski definition) is 0. The van der Waals surface area contributed by atoms with Gasteiger partial charge in [0.2, 0.25) is 0 Å². The van der Waals surface area contributed by atoms with E-state index in [-0.39, 0.29) is 11.8 Å². The number of nitrogens with zero attached hydrogens (tertiary/aromatic N) is 2. The Morgan fingerprint density at radius 2 is 0.791 bits per heavy atom. The van der Waals surface area contributed by atoms with E-state index in [4.69, 9.17) is 8.83 Å². The summed E-state index contributed by atoms with van der Waals surface area (Å²) in [6.07, 6.45) is 0. The number of anilines is 6. The molecule has 0 fully saturated rings. The van der Waals surface area contributed by atoms with Gasteiger partial charge in [-0.2, -0.15) is 0 Å². The number of furan rings is 2. The van der Waals surface area contributed by atoms with E-state index >= 15 is 0 Å². The average Bonchev–Trinajstić information content (AvgIpc) is 3.91. The molecular weight excluding hydrogens is 833 g/mol. The molecule has 0 atom stereocenters. The molecule has 0 radical (unpaired) electrons. The van der Waals surface area contributed by atoms with E-state index in [1.165, 1.54) is 54.2 Å². The second-order valence-electron chi connectivity index (χ2n) is 20.2. The number of rotatable bonds is 9. The van der Waals surface area contributed by atoms with Crippen LogP contribution in [0.25, 0.3) is 76.2 Å². The SMILES string of the molecule is Cc1ccc(N(c2cc(C(C)C)c3ccc4c(N(c5ccc([Si](C)(C)C)cc5)c5cccc6c5oc5ccccc56)cc(C(C)C)c5ccc2c3c54)c2cccc3c2oc2ccccc23)cc1. The van der Waals surface area contributed by atoms with Crippen LogP contribution in [0.15, 0.2) is 179 Å². The van der Waals surface area contributed by atoms with Gasteiger partial charge < -0.3 is 18.6 Å². The third-order valence-corrected chi connectivity index (χ3v) is 16.2. The van der Waals surface area contributed by atoms with E-state index in [1.807, 2.05) is 0 Å². The van der Waals surface area contributed by atoms with Crippen molar-refractivity contribution < 1.29 is 8.83 Å². The van der Waals surface area contributed by atoms with Crippen LogP contribution in [-0.2, 0) is 0 Å². The summed E-state index contributed by atoms with van der Waals surface area (Å²) in [5.74, 6) is 0.501. The first-order valence-electron chi connectivity index (χ1n) is 23.8. The summed E-state index contributed by atoms with van der Waals surface area (Å²) in [5, 5.41) is 13.4. The van der Waals surface area contributed by atoms with Gasteiger partial charge in [-0.3, -0.25) is 0 Å². The van der Waals surface area contributed by atoms with Gasteiger partial charge in [-0.15, -0.1) is 0 Å². The molecule has 10 aromatic carbocycles. The summed E-state index contributed by atoms with van der Waals surface area (Å²) in [7, 11) is -1.58. The molecule has 4 nitrogen and oxygen atoms in total. The predicted octanol–water partition coefficient (Wildman–Crippen LogP) is 18.4. The molecule has 0 N–H and O–H groups in total. The molecule has 2 heterocycles. The minimum absolute atomic E-state index is 0.250. The van der Waals surface area contributed by atoms with E-state index in [0.29, 0.717) is 0 Å². The van der Waals surface area contributed by atoms with Gasteiger partial charge in [-0.05, 0) is 112 Å². The first-order valence-corrected chi connectivity index (χ1v) is 27.3.